The topological polar surface area (TPSA) is 269 Å². The summed E-state index contributed by atoms with van der Waals surface area (Å²) in [6.45, 7) is 0.334. The Labute approximate surface area is 181 Å². The van der Waals surface area contributed by atoms with Crippen molar-refractivity contribution in [2.45, 2.75) is 37.1 Å². The summed E-state index contributed by atoms with van der Waals surface area (Å²) >= 11 is 0. The fraction of sp³-hybridized carbons (Fsp3) is 0.636. The normalized spacial score (nSPS) is 26.6. The van der Waals surface area contributed by atoms with Gasteiger partial charge in [0.25, 0.3) is 5.56 Å². The Balaban J connectivity index is 2.19. The summed E-state index contributed by atoms with van der Waals surface area (Å²) in [5, 5.41) is -2.14. The van der Waals surface area contributed by atoms with Crippen LogP contribution in [0.5, 0.6) is 0 Å². The van der Waals surface area contributed by atoms with Crippen LogP contribution in [-0.4, -0.2) is 48.4 Å². The molecule has 186 valence electrons. The van der Waals surface area contributed by atoms with Gasteiger partial charge in [-0.1, -0.05) is 5.11 Å². The van der Waals surface area contributed by atoms with Crippen molar-refractivity contribution in [3.8, 4) is 0 Å². The second-order valence-corrected chi connectivity index (χ2v) is 12.2. The monoisotopic (exact) mass is 540 g/mol. The summed E-state index contributed by atoms with van der Waals surface area (Å²) in [6, 6.07) is -1.15. The van der Waals surface area contributed by atoms with Crippen LogP contribution in [0.15, 0.2) is 20.9 Å². The number of nitrogens with one attached hydrogen (secondary N) is 1. The number of phosphoric ester groups is 1. The van der Waals surface area contributed by atoms with Gasteiger partial charge in [-0.05, 0) is 12.5 Å². The lowest BCUT2D eigenvalue weighted by atomic mass is 10.1. The van der Waals surface area contributed by atoms with E-state index >= 15 is 0 Å². The lowest BCUT2D eigenvalue weighted by molar-refractivity contribution is -0.0268. The van der Waals surface area contributed by atoms with Crippen LogP contribution in [0.3, 0.4) is 0 Å². The van der Waals surface area contributed by atoms with E-state index in [1.165, 1.54) is 6.92 Å². The number of aryl methyl sites for hydroxylation is 1. The molecule has 6 atom stereocenters. The van der Waals surface area contributed by atoms with Crippen molar-refractivity contribution < 1.29 is 50.7 Å². The van der Waals surface area contributed by atoms with Crippen LogP contribution in [-0.2, 0) is 27.3 Å². The highest BCUT2D eigenvalue weighted by Gasteiger charge is 2.65. The van der Waals surface area contributed by atoms with E-state index in [1.807, 2.05) is 4.98 Å². The van der Waals surface area contributed by atoms with Crippen LogP contribution >= 0.6 is 22.9 Å². The number of nitrogens with two attached hydrogens (primary N) is 1. The van der Waals surface area contributed by atoms with Crippen molar-refractivity contribution in [2.75, 3.05) is 6.61 Å². The van der Waals surface area contributed by atoms with E-state index in [4.69, 9.17) is 15.2 Å². The molecular formula is C11H17F2N6O11P3. The number of H-pyrrole nitrogens is 1. The number of azide groups is 1. The first-order chi connectivity index (χ1) is 14.9. The first-order valence-corrected chi connectivity index (χ1v) is 13.2. The van der Waals surface area contributed by atoms with E-state index in [1.54, 1.807) is 0 Å². The second-order valence-electron chi connectivity index (χ2n) is 6.61. The van der Waals surface area contributed by atoms with Crippen LogP contribution in [0, 0.1) is 6.92 Å². The van der Waals surface area contributed by atoms with Gasteiger partial charge in [0, 0.05) is 23.1 Å². The number of ether oxygens (including phenoxy) is 1. The molecule has 22 heteroatoms. The Morgan fingerprint density at radius 2 is 2.00 bits per heavy atom. The smallest absolute Gasteiger partial charge is 0.352 e. The molecule has 3 unspecified atom stereocenters. The second kappa shape index (κ2) is 9.49. The van der Waals surface area contributed by atoms with Gasteiger partial charge < -0.3 is 19.4 Å². The molecule has 6 N–H and O–H groups in total. The van der Waals surface area contributed by atoms with Crippen molar-refractivity contribution in [1.29, 1.82) is 0 Å². The molecule has 0 saturated carbocycles. The van der Waals surface area contributed by atoms with E-state index in [2.05, 4.69) is 24.4 Å². The van der Waals surface area contributed by atoms with Gasteiger partial charge in [0.05, 0.1) is 18.8 Å². The van der Waals surface area contributed by atoms with E-state index in [0.29, 0.717) is 0 Å². The highest BCUT2D eigenvalue weighted by Crippen LogP contribution is 2.76. The number of halogens is 2. The molecule has 1 saturated heterocycles. The van der Waals surface area contributed by atoms with Crippen LogP contribution in [0.25, 0.3) is 10.4 Å². The number of aromatic amines is 1. The zero-order valence-electron chi connectivity index (χ0n) is 16.3. The van der Waals surface area contributed by atoms with Gasteiger partial charge in [-0.2, -0.15) is 8.78 Å². The van der Waals surface area contributed by atoms with Crippen molar-refractivity contribution in [3.05, 3.63) is 43.0 Å². The molecule has 0 amide bonds. The molecule has 1 aromatic heterocycles. The molecule has 0 aliphatic carbocycles. The molecule has 0 spiro atoms. The third kappa shape index (κ3) is 6.04. The Morgan fingerprint density at radius 3 is 2.55 bits per heavy atom. The number of nitrogens with zero attached hydrogens (tertiary/aromatic N) is 4. The molecule has 2 rings (SSSR count). The highest BCUT2D eigenvalue weighted by atomic mass is 31.3. The standard InChI is InChI=1S/C11H17F2N6O11P3/c1-5-3-19(10(21)16-9(5)20)8-2-6(17-18-14)7(29-8)4-28-33(26,27)30-32(24,25)11(12,13)31(15,22)23/h3,6-8H,2,4H2,1H3,(H,24,25)(H,26,27)(H3,15,22,23)(H,16,20,21)/t6-,7+,8+/m0/s1. The molecule has 17 nitrogen and oxygen atoms in total. The van der Waals surface area contributed by atoms with Crippen LogP contribution in [0.1, 0.15) is 18.2 Å². The SMILES string of the molecule is Cc1cn([C@H]2C[C@H](N=[N+]=[N-])[C@@H](COP(=O)(O)OP(=O)(O)C(F)(F)P(N)(=O)O)O2)c(=O)[nH]c1=O. The maximum absolute atomic E-state index is 13.6. The van der Waals surface area contributed by atoms with Crippen molar-refractivity contribution in [1.82, 2.24) is 9.55 Å². The van der Waals surface area contributed by atoms with Crippen molar-refractivity contribution >= 4 is 22.9 Å². The average molecular weight is 540 g/mol. The molecular weight excluding hydrogens is 523 g/mol. The number of hydrogen-bond acceptors (Lipinski definition) is 9. The largest absolute Gasteiger partial charge is 0.479 e. The Kier molecular flexibility index (Phi) is 7.91. The summed E-state index contributed by atoms with van der Waals surface area (Å²) in [5.74, 6) is 0. The maximum atomic E-state index is 13.6. The lowest BCUT2D eigenvalue weighted by Crippen LogP contribution is -2.33. The molecule has 1 aromatic rings. The van der Waals surface area contributed by atoms with Crippen LogP contribution < -0.4 is 16.8 Å². The first-order valence-electron chi connectivity index (χ1n) is 8.44. The minimum absolute atomic E-state index is 0.118. The van der Waals surface area contributed by atoms with Gasteiger partial charge in [-0.15, -0.1) is 0 Å². The van der Waals surface area contributed by atoms with Gasteiger partial charge >= 0.3 is 34.0 Å². The highest BCUT2D eigenvalue weighted by molar-refractivity contribution is 7.76. The number of phosphoric acid groups is 1. The number of alkyl halides is 2. The molecule has 0 aromatic carbocycles. The van der Waals surface area contributed by atoms with Crippen molar-refractivity contribution in [3.63, 3.8) is 0 Å². The van der Waals surface area contributed by atoms with E-state index < -0.39 is 64.6 Å². The van der Waals surface area contributed by atoms with Crippen LogP contribution in [0.4, 0.5) is 8.78 Å². The van der Waals surface area contributed by atoms with Gasteiger partial charge in [0.2, 0.25) is 0 Å². The summed E-state index contributed by atoms with van der Waals surface area (Å²) in [5.41, 5.74) is 11.5. The maximum Gasteiger partial charge on any atom is 0.479 e. The molecule has 1 aliphatic heterocycles. The molecule has 1 fully saturated rings. The molecule has 2 heterocycles. The van der Waals surface area contributed by atoms with Gasteiger partial charge in [-0.25, -0.2) is 13.7 Å². The predicted octanol–water partition coefficient (Wildman–Crippen LogP) is 0.825. The molecule has 0 radical (unpaired) electrons. The zero-order valence-corrected chi connectivity index (χ0v) is 19.0. The molecule has 33 heavy (non-hydrogen) atoms. The third-order valence-corrected chi connectivity index (χ3v) is 9.46. The number of hydrogen-bond donors (Lipinski definition) is 5. The summed E-state index contributed by atoms with van der Waals surface area (Å²) in [4.78, 5) is 55.5. The predicted molar refractivity (Wildman–Crippen MR) is 103 cm³/mol. The van der Waals surface area contributed by atoms with E-state index in [-0.39, 0.29) is 12.0 Å². The van der Waals surface area contributed by atoms with Gasteiger partial charge in [-0.3, -0.25) is 33.5 Å². The van der Waals surface area contributed by atoms with Gasteiger partial charge in [0.1, 0.15) is 6.23 Å². The molecule has 1 aliphatic rings. The minimum atomic E-state index is -6.62. The fourth-order valence-corrected chi connectivity index (χ4v) is 6.40. The lowest BCUT2D eigenvalue weighted by Gasteiger charge is -2.25. The van der Waals surface area contributed by atoms with Crippen molar-refractivity contribution in [2.24, 2.45) is 10.6 Å². The quantitative estimate of drug-likeness (QED) is 0.126. The third-order valence-electron chi connectivity index (χ3n) is 4.20. The average Bonchev–Trinajstić information content (AvgIpc) is 3.04. The number of aromatic nitrogens is 2. The Morgan fingerprint density at radius 1 is 1.39 bits per heavy atom. The van der Waals surface area contributed by atoms with E-state index in [9.17, 15) is 41.9 Å². The first kappa shape index (κ1) is 27.5. The summed E-state index contributed by atoms with van der Waals surface area (Å²) in [7, 11) is -18.5. The van der Waals surface area contributed by atoms with E-state index in [0.717, 1.165) is 10.8 Å². The summed E-state index contributed by atoms with van der Waals surface area (Å²) < 4.78 is 75.8. The fourth-order valence-electron chi connectivity index (χ4n) is 2.59. The number of rotatable bonds is 9. The van der Waals surface area contributed by atoms with Crippen LogP contribution in [0.2, 0.25) is 0 Å². The zero-order chi connectivity index (χ0) is 25.4. The molecule has 0 bridgehead atoms. The Bertz CT molecular complexity index is 1220. The van der Waals surface area contributed by atoms with Gasteiger partial charge in [0.15, 0.2) is 0 Å². The minimum Gasteiger partial charge on any atom is -0.352 e. The summed E-state index contributed by atoms with van der Waals surface area (Å²) in [6.07, 6.45) is -1.63. The Hall–Kier alpha value is -1.74.